The molecule has 0 amide bonds. The van der Waals surface area contributed by atoms with Crippen LogP contribution in [-0.2, 0) is 13.0 Å². The van der Waals surface area contributed by atoms with Crippen molar-refractivity contribution in [1.29, 1.82) is 0 Å². The zero-order valence-corrected chi connectivity index (χ0v) is 12.1. The molecule has 0 unspecified atom stereocenters. The molecule has 0 saturated heterocycles. The van der Waals surface area contributed by atoms with E-state index < -0.39 is 0 Å². The van der Waals surface area contributed by atoms with Crippen LogP contribution in [0.2, 0.25) is 0 Å². The van der Waals surface area contributed by atoms with Gasteiger partial charge in [0, 0.05) is 11.4 Å². The minimum Gasteiger partial charge on any atom is -0.486 e. The molecule has 100 valence electrons. The maximum absolute atomic E-state index is 5.83. The van der Waals surface area contributed by atoms with Gasteiger partial charge >= 0.3 is 0 Å². The first-order chi connectivity index (χ1) is 9.22. The minimum atomic E-state index is 0.557. The summed E-state index contributed by atoms with van der Waals surface area (Å²) in [6.45, 7) is 5.81. The van der Waals surface area contributed by atoms with Gasteiger partial charge in [0.05, 0.1) is 0 Å². The van der Waals surface area contributed by atoms with E-state index >= 15 is 0 Å². The van der Waals surface area contributed by atoms with E-state index in [0.717, 1.165) is 29.5 Å². The van der Waals surface area contributed by atoms with E-state index in [1.807, 2.05) is 6.07 Å². The number of thiazole rings is 1. The molecule has 0 spiro atoms. The Morgan fingerprint density at radius 2 is 2.21 bits per heavy atom. The summed E-state index contributed by atoms with van der Waals surface area (Å²) < 4.78 is 5.83. The Bertz CT molecular complexity index is 568. The molecule has 0 saturated carbocycles. The quantitative estimate of drug-likeness (QED) is 0.926. The topological polar surface area (TPSA) is 34.1 Å². The number of hydrogen-bond acceptors (Lipinski definition) is 4. The number of aromatic nitrogens is 1. The highest BCUT2D eigenvalue weighted by Gasteiger charge is 2.14. The third kappa shape index (κ3) is 2.73. The van der Waals surface area contributed by atoms with Crippen LogP contribution in [0.5, 0.6) is 5.75 Å². The van der Waals surface area contributed by atoms with Gasteiger partial charge in [-0.15, -0.1) is 11.3 Å². The van der Waals surface area contributed by atoms with Crippen LogP contribution in [0.3, 0.4) is 0 Å². The summed E-state index contributed by atoms with van der Waals surface area (Å²) in [6.07, 6.45) is 2.34. The van der Waals surface area contributed by atoms with Crippen molar-refractivity contribution >= 4 is 17.2 Å². The average Bonchev–Trinajstić information content (AvgIpc) is 2.83. The second-order valence-electron chi connectivity index (χ2n) is 4.94. The minimum absolute atomic E-state index is 0.557. The number of hydrogen-bond donors (Lipinski definition) is 1. The van der Waals surface area contributed by atoms with Gasteiger partial charge < -0.3 is 10.1 Å². The van der Waals surface area contributed by atoms with Crippen LogP contribution in [0.4, 0.5) is 5.82 Å². The number of anilines is 1. The standard InChI is InChI=1S/C15H18N2OS/c1-10-5-6-12(8-11(10)2)18-9-14-17-15-13(19-14)4-3-7-16-15/h5-6,8,16H,3-4,7,9H2,1-2H3. The fourth-order valence-corrected chi connectivity index (χ4v) is 3.17. The molecule has 0 bridgehead atoms. The SMILES string of the molecule is Cc1ccc(OCc2nc3c(s2)CCCN3)cc1C. The van der Waals surface area contributed by atoms with Gasteiger partial charge in [-0.2, -0.15) is 0 Å². The van der Waals surface area contributed by atoms with Crippen molar-refractivity contribution in [3.63, 3.8) is 0 Å². The Balaban J connectivity index is 1.68. The van der Waals surface area contributed by atoms with Gasteiger partial charge in [-0.25, -0.2) is 4.98 Å². The Labute approximate surface area is 117 Å². The highest BCUT2D eigenvalue weighted by atomic mass is 32.1. The van der Waals surface area contributed by atoms with Crippen LogP contribution in [0.1, 0.15) is 27.4 Å². The van der Waals surface area contributed by atoms with Crippen molar-refractivity contribution in [3.05, 3.63) is 39.2 Å². The molecule has 4 heteroatoms. The lowest BCUT2D eigenvalue weighted by Gasteiger charge is -2.10. The summed E-state index contributed by atoms with van der Waals surface area (Å²) in [5.41, 5.74) is 2.55. The largest absolute Gasteiger partial charge is 0.486 e. The number of ether oxygens (including phenoxy) is 1. The Hall–Kier alpha value is -1.55. The second kappa shape index (κ2) is 5.21. The van der Waals surface area contributed by atoms with Crippen molar-refractivity contribution < 1.29 is 4.74 Å². The number of benzene rings is 1. The van der Waals surface area contributed by atoms with Gasteiger partial charge in [-0.05, 0) is 49.9 Å². The number of nitrogens with zero attached hydrogens (tertiary/aromatic N) is 1. The van der Waals surface area contributed by atoms with Crippen LogP contribution in [-0.4, -0.2) is 11.5 Å². The summed E-state index contributed by atoms with van der Waals surface area (Å²) in [5, 5.41) is 4.39. The van der Waals surface area contributed by atoms with Gasteiger partial charge in [0.25, 0.3) is 0 Å². The predicted molar refractivity (Wildman–Crippen MR) is 79.2 cm³/mol. The average molecular weight is 274 g/mol. The van der Waals surface area contributed by atoms with Crippen molar-refractivity contribution in [2.75, 3.05) is 11.9 Å². The van der Waals surface area contributed by atoms with Crippen molar-refractivity contribution in [1.82, 2.24) is 4.98 Å². The van der Waals surface area contributed by atoms with E-state index in [4.69, 9.17) is 4.74 Å². The van der Waals surface area contributed by atoms with E-state index in [1.54, 1.807) is 11.3 Å². The Morgan fingerprint density at radius 3 is 3.00 bits per heavy atom. The lowest BCUT2D eigenvalue weighted by Crippen LogP contribution is -2.10. The van der Waals surface area contributed by atoms with E-state index in [-0.39, 0.29) is 0 Å². The summed E-state index contributed by atoms with van der Waals surface area (Å²) >= 11 is 1.76. The third-order valence-electron chi connectivity index (χ3n) is 3.46. The Kier molecular flexibility index (Phi) is 3.42. The van der Waals surface area contributed by atoms with Crippen molar-refractivity contribution in [3.8, 4) is 5.75 Å². The van der Waals surface area contributed by atoms with E-state index in [9.17, 15) is 0 Å². The second-order valence-corrected chi connectivity index (χ2v) is 6.11. The van der Waals surface area contributed by atoms with Crippen LogP contribution in [0.15, 0.2) is 18.2 Å². The summed E-state index contributed by atoms with van der Waals surface area (Å²) in [6, 6.07) is 6.20. The fourth-order valence-electron chi connectivity index (χ4n) is 2.17. The van der Waals surface area contributed by atoms with Crippen LogP contribution in [0.25, 0.3) is 0 Å². The first-order valence-corrected chi connectivity index (χ1v) is 7.46. The third-order valence-corrected chi connectivity index (χ3v) is 4.54. The normalized spacial score (nSPS) is 13.8. The first kappa shape index (κ1) is 12.5. The molecule has 3 rings (SSSR count). The Morgan fingerprint density at radius 1 is 1.32 bits per heavy atom. The molecule has 1 aromatic carbocycles. The molecule has 0 atom stereocenters. The maximum Gasteiger partial charge on any atom is 0.140 e. The predicted octanol–water partition coefficient (Wildman–Crippen LogP) is 3.70. The highest BCUT2D eigenvalue weighted by molar-refractivity contribution is 7.12. The van der Waals surface area contributed by atoms with Gasteiger partial charge in [0.1, 0.15) is 23.2 Å². The van der Waals surface area contributed by atoms with Crippen molar-refractivity contribution in [2.45, 2.75) is 33.3 Å². The number of nitrogens with one attached hydrogen (secondary N) is 1. The molecule has 2 heterocycles. The summed E-state index contributed by atoms with van der Waals surface area (Å²) in [4.78, 5) is 5.95. The van der Waals surface area contributed by atoms with Gasteiger partial charge in [0.15, 0.2) is 0 Å². The summed E-state index contributed by atoms with van der Waals surface area (Å²) in [5.74, 6) is 1.99. The monoisotopic (exact) mass is 274 g/mol. The zero-order valence-electron chi connectivity index (χ0n) is 11.3. The van der Waals surface area contributed by atoms with Gasteiger partial charge in [0.2, 0.25) is 0 Å². The van der Waals surface area contributed by atoms with Gasteiger partial charge in [-0.1, -0.05) is 6.07 Å². The number of rotatable bonds is 3. The maximum atomic E-state index is 5.83. The highest BCUT2D eigenvalue weighted by Crippen LogP contribution is 2.28. The van der Waals surface area contributed by atoms with Crippen LogP contribution >= 0.6 is 11.3 Å². The molecule has 0 aliphatic carbocycles. The zero-order chi connectivity index (χ0) is 13.2. The summed E-state index contributed by atoms with van der Waals surface area (Å²) in [7, 11) is 0. The molecular weight excluding hydrogens is 256 g/mol. The van der Waals surface area contributed by atoms with E-state index in [0.29, 0.717) is 6.61 Å². The molecule has 2 aromatic rings. The molecule has 0 fully saturated rings. The molecule has 1 aliphatic heterocycles. The van der Waals surface area contributed by atoms with E-state index in [1.165, 1.54) is 22.4 Å². The number of fused-ring (bicyclic) bond motifs is 1. The smallest absolute Gasteiger partial charge is 0.140 e. The lowest BCUT2D eigenvalue weighted by molar-refractivity contribution is 0.305. The first-order valence-electron chi connectivity index (χ1n) is 6.65. The fraction of sp³-hybridized carbons (Fsp3) is 0.400. The molecule has 1 N–H and O–H groups in total. The lowest BCUT2D eigenvalue weighted by atomic mass is 10.1. The molecular formula is C15H18N2OS. The van der Waals surface area contributed by atoms with Gasteiger partial charge in [-0.3, -0.25) is 0 Å². The molecule has 1 aliphatic rings. The van der Waals surface area contributed by atoms with Crippen LogP contribution in [0, 0.1) is 13.8 Å². The van der Waals surface area contributed by atoms with Crippen LogP contribution < -0.4 is 10.1 Å². The molecule has 19 heavy (non-hydrogen) atoms. The van der Waals surface area contributed by atoms with E-state index in [2.05, 4.69) is 36.3 Å². The molecule has 3 nitrogen and oxygen atoms in total. The van der Waals surface area contributed by atoms with Crippen molar-refractivity contribution in [2.24, 2.45) is 0 Å². The molecule has 1 aromatic heterocycles. The number of aryl methyl sites for hydroxylation is 3. The molecule has 0 radical (unpaired) electrons.